The lowest BCUT2D eigenvalue weighted by molar-refractivity contribution is 0.129. The van der Waals surface area contributed by atoms with Gasteiger partial charge in [-0.15, -0.1) is 0 Å². The van der Waals surface area contributed by atoms with E-state index in [-0.39, 0.29) is 0 Å². The molecule has 1 fully saturated rings. The fraction of sp³-hybridized carbons (Fsp3) is 0.667. The lowest BCUT2D eigenvalue weighted by Crippen LogP contribution is -2.48. The highest BCUT2D eigenvalue weighted by Gasteiger charge is 2.24. The van der Waals surface area contributed by atoms with Crippen molar-refractivity contribution in [1.29, 1.82) is 0 Å². The van der Waals surface area contributed by atoms with Gasteiger partial charge in [-0.25, -0.2) is 0 Å². The van der Waals surface area contributed by atoms with E-state index in [1.807, 2.05) is 6.07 Å². The largest absolute Gasteiger partial charge is 0.493 e. The number of likely N-dealkylation sites (N-methyl/N-ethyl adjacent to an activating group) is 1. The Morgan fingerprint density at radius 1 is 1.09 bits per heavy atom. The molecule has 1 N–H and O–H groups in total. The van der Waals surface area contributed by atoms with Gasteiger partial charge in [0.2, 0.25) is 0 Å². The van der Waals surface area contributed by atoms with Gasteiger partial charge in [0, 0.05) is 38.8 Å². The molecule has 1 unspecified atom stereocenters. The number of benzene rings is 1. The van der Waals surface area contributed by atoms with Crippen LogP contribution in [0.5, 0.6) is 11.5 Å². The SMILES string of the molecule is CCN(CC)CC(c1ccc(OC)c(OC)c1)N1CCNCC1. The van der Waals surface area contributed by atoms with E-state index in [0.29, 0.717) is 6.04 Å². The van der Waals surface area contributed by atoms with E-state index in [1.165, 1.54) is 5.56 Å². The van der Waals surface area contributed by atoms with Crippen molar-refractivity contribution < 1.29 is 9.47 Å². The predicted molar refractivity (Wildman–Crippen MR) is 94.5 cm³/mol. The summed E-state index contributed by atoms with van der Waals surface area (Å²) in [5, 5.41) is 3.44. The fourth-order valence-corrected chi connectivity index (χ4v) is 3.21. The van der Waals surface area contributed by atoms with Gasteiger partial charge in [0.1, 0.15) is 0 Å². The fourth-order valence-electron chi connectivity index (χ4n) is 3.21. The molecule has 1 atom stereocenters. The summed E-state index contributed by atoms with van der Waals surface area (Å²) in [5.74, 6) is 1.60. The molecule has 5 nitrogen and oxygen atoms in total. The molecule has 0 aliphatic carbocycles. The zero-order valence-corrected chi connectivity index (χ0v) is 15.0. The van der Waals surface area contributed by atoms with Crippen LogP contribution >= 0.6 is 0 Å². The summed E-state index contributed by atoms with van der Waals surface area (Å²) in [7, 11) is 3.38. The minimum Gasteiger partial charge on any atom is -0.493 e. The van der Waals surface area contributed by atoms with Crippen LogP contribution in [0.4, 0.5) is 0 Å². The van der Waals surface area contributed by atoms with Crippen molar-refractivity contribution in [1.82, 2.24) is 15.1 Å². The van der Waals surface area contributed by atoms with Crippen LogP contribution in [-0.4, -0.2) is 69.8 Å². The van der Waals surface area contributed by atoms with Gasteiger partial charge in [0.25, 0.3) is 0 Å². The number of nitrogens with one attached hydrogen (secondary N) is 1. The van der Waals surface area contributed by atoms with Crippen molar-refractivity contribution in [2.24, 2.45) is 0 Å². The summed E-state index contributed by atoms with van der Waals surface area (Å²) >= 11 is 0. The maximum absolute atomic E-state index is 5.50. The van der Waals surface area contributed by atoms with Crippen molar-refractivity contribution >= 4 is 0 Å². The summed E-state index contributed by atoms with van der Waals surface area (Å²) in [6, 6.07) is 6.72. The first-order chi connectivity index (χ1) is 11.2. The lowest BCUT2D eigenvalue weighted by atomic mass is 10.0. The number of hydrogen-bond acceptors (Lipinski definition) is 5. The molecule has 0 amide bonds. The van der Waals surface area contributed by atoms with Crippen LogP contribution in [0.3, 0.4) is 0 Å². The zero-order valence-electron chi connectivity index (χ0n) is 15.0. The summed E-state index contributed by atoms with van der Waals surface area (Å²) < 4.78 is 10.9. The van der Waals surface area contributed by atoms with Gasteiger partial charge < -0.3 is 19.7 Å². The molecule has 0 bridgehead atoms. The Kier molecular flexibility index (Phi) is 7.15. The van der Waals surface area contributed by atoms with Gasteiger partial charge in [-0.3, -0.25) is 4.90 Å². The first-order valence-electron chi connectivity index (χ1n) is 8.62. The van der Waals surface area contributed by atoms with Crippen molar-refractivity contribution in [3.63, 3.8) is 0 Å². The molecule has 2 rings (SSSR count). The molecule has 0 spiro atoms. The molecule has 1 saturated heterocycles. The number of ether oxygens (including phenoxy) is 2. The third kappa shape index (κ3) is 4.59. The van der Waals surface area contributed by atoms with E-state index in [9.17, 15) is 0 Å². The number of hydrogen-bond donors (Lipinski definition) is 1. The maximum atomic E-state index is 5.50. The van der Waals surface area contributed by atoms with Crippen molar-refractivity contribution in [3.8, 4) is 11.5 Å². The van der Waals surface area contributed by atoms with E-state index < -0.39 is 0 Å². The molecular weight excluding hydrogens is 290 g/mol. The van der Waals surface area contributed by atoms with Gasteiger partial charge in [0.05, 0.1) is 14.2 Å². The third-order valence-electron chi connectivity index (χ3n) is 4.71. The molecule has 23 heavy (non-hydrogen) atoms. The summed E-state index contributed by atoms with van der Waals surface area (Å²) in [6.07, 6.45) is 0. The summed E-state index contributed by atoms with van der Waals surface area (Å²) in [5.41, 5.74) is 1.30. The Morgan fingerprint density at radius 2 is 1.74 bits per heavy atom. The van der Waals surface area contributed by atoms with Gasteiger partial charge in [-0.2, -0.15) is 0 Å². The first kappa shape index (κ1) is 18.0. The molecule has 5 heteroatoms. The smallest absolute Gasteiger partial charge is 0.161 e. The lowest BCUT2D eigenvalue weighted by Gasteiger charge is -2.38. The molecule has 1 aliphatic heterocycles. The highest BCUT2D eigenvalue weighted by molar-refractivity contribution is 5.44. The van der Waals surface area contributed by atoms with Crippen LogP contribution < -0.4 is 14.8 Å². The first-order valence-corrected chi connectivity index (χ1v) is 8.62. The van der Waals surface area contributed by atoms with Gasteiger partial charge >= 0.3 is 0 Å². The minimum absolute atomic E-state index is 0.386. The summed E-state index contributed by atoms with van der Waals surface area (Å²) in [4.78, 5) is 5.07. The quantitative estimate of drug-likeness (QED) is 0.792. The van der Waals surface area contributed by atoms with Gasteiger partial charge in [-0.1, -0.05) is 19.9 Å². The Hall–Kier alpha value is -1.30. The number of piperazine rings is 1. The van der Waals surface area contributed by atoms with Gasteiger partial charge in [0.15, 0.2) is 11.5 Å². The number of rotatable bonds is 8. The molecule has 0 saturated carbocycles. The van der Waals surface area contributed by atoms with Crippen molar-refractivity contribution in [3.05, 3.63) is 23.8 Å². The average Bonchev–Trinajstić information content (AvgIpc) is 2.63. The van der Waals surface area contributed by atoms with Crippen LogP contribution in [0.25, 0.3) is 0 Å². The van der Waals surface area contributed by atoms with E-state index >= 15 is 0 Å². The molecule has 130 valence electrons. The van der Waals surface area contributed by atoms with Crippen molar-refractivity contribution in [2.75, 3.05) is 60.0 Å². The monoisotopic (exact) mass is 321 g/mol. The second kappa shape index (κ2) is 9.11. The maximum Gasteiger partial charge on any atom is 0.161 e. The minimum atomic E-state index is 0.386. The van der Waals surface area contributed by atoms with E-state index in [1.54, 1.807) is 14.2 Å². The van der Waals surface area contributed by atoms with Crippen LogP contribution in [0.2, 0.25) is 0 Å². The highest BCUT2D eigenvalue weighted by Crippen LogP contribution is 2.32. The molecule has 1 aliphatic rings. The average molecular weight is 321 g/mol. The highest BCUT2D eigenvalue weighted by atomic mass is 16.5. The normalized spacial score (nSPS) is 17.3. The van der Waals surface area contributed by atoms with Crippen molar-refractivity contribution in [2.45, 2.75) is 19.9 Å². The molecule has 1 heterocycles. The third-order valence-corrected chi connectivity index (χ3v) is 4.71. The second-order valence-corrected chi connectivity index (χ2v) is 5.90. The Balaban J connectivity index is 2.27. The number of methoxy groups -OCH3 is 2. The standard InChI is InChI=1S/C18H31N3O2/c1-5-20(6-2)14-16(21-11-9-19-10-12-21)15-7-8-17(22-3)18(13-15)23-4/h7-8,13,16,19H,5-6,9-12,14H2,1-4H3. The van der Waals surface area contributed by atoms with Crippen LogP contribution in [-0.2, 0) is 0 Å². The molecule has 0 radical (unpaired) electrons. The molecule has 1 aromatic rings. The van der Waals surface area contributed by atoms with Crippen LogP contribution in [0, 0.1) is 0 Å². The van der Waals surface area contributed by atoms with E-state index in [4.69, 9.17) is 9.47 Å². The molecular formula is C18H31N3O2. The van der Waals surface area contributed by atoms with Crippen LogP contribution in [0.1, 0.15) is 25.5 Å². The molecule has 1 aromatic carbocycles. The van der Waals surface area contributed by atoms with E-state index in [0.717, 1.165) is 57.3 Å². The predicted octanol–water partition coefficient (Wildman–Crippen LogP) is 1.99. The van der Waals surface area contributed by atoms with E-state index in [2.05, 4.69) is 41.1 Å². The Labute approximate surface area is 140 Å². The zero-order chi connectivity index (χ0) is 16.7. The Bertz CT molecular complexity index is 471. The topological polar surface area (TPSA) is 37.0 Å². The van der Waals surface area contributed by atoms with Gasteiger partial charge in [-0.05, 0) is 30.8 Å². The molecule has 0 aromatic heterocycles. The van der Waals surface area contributed by atoms with Crippen LogP contribution in [0.15, 0.2) is 18.2 Å². The second-order valence-electron chi connectivity index (χ2n) is 5.90. The summed E-state index contributed by atoms with van der Waals surface area (Å²) in [6.45, 7) is 11.9. The number of nitrogens with zero attached hydrogens (tertiary/aromatic N) is 2. The Morgan fingerprint density at radius 3 is 2.30 bits per heavy atom.